The van der Waals surface area contributed by atoms with Gasteiger partial charge in [0.2, 0.25) is 0 Å². The second-order valence-electron chi connectivity index (χ2n) is 6.18. The van der Waals surface area contributed by atoms with E-state index in [4.69, 9.17) is 4.11 Å². The Balaban J connectivity index is 2.59. The first-order valence-corrected chi connectivity index (χ1v) is 6.62. The summed E-state index contributed by atoms with van der Waals surface area (Å²) in [7, 11) is 1.87. The summed E-state index contributed by atoms with van der Waals surface area (Å²) < 4.78 is 25.2. The van der Waals surface area contributed by atoms with Crippen LogP contribution < -0.4 is 4.57 Å². The van der Waals surface area contributed by atoms with Crippen molar-refractivity contribution in [1.82, 2.24) is 0 Å². The highest BCUT2D eigenvalue weighted by Gasteiger charge is 2.14. The largest absolute Gasteiger partial charge is 0.205 e. The maximum atomic E-state index is 7.79. The van der Waals surface area contributed by atoms with Crippen molar-refractivity contribution in [2.75, 3.05) is 0 Å². The Hall–Kier alpha value is -1.63. The lowest BCUT2D eigenvalue weighted by molar-refractivity contribution is -0.677. The van der Waals surface area contributed by atoms with E-state index >= 15 is 0 Å². The summed E-state index contributed by atoms with van der Waals surface area (Å²) in [5.74, 6) is 0. The molecule has 0 saturated carbocycles. The molecule has 1 aromatic heterocycles. The Kier molecular flexibility index (Phi) is 2.58. The highest BCUT2D eigenvalue weighted by atomic mass is 14.9. The van der Waals surface area contributed by atoms with E-state index < -0.39 is 6.85 Å². The lowest BCUT2D eigenvalue weighted by Gasteiger charge is -2.19. The third-order valence-electron chi connectivity index (χ3n) is 3.58. The van der Waals surface area contributed by atoms with E-state index in [9.17, 15) is 0 Å². The highest BCUT2D eigenvalue weighted by molar-refractivity contribution is 5.66. The minimum absolute atomic E-state index is 0.0877. The number of rotatable bonds is 1. The molecule has 1 nitrogen and oxygen atoms in total. The zero-order valence-corrected chi connectivity index (χ0v) is 12.4. The minimum atomic E-state index is -2.12. The first-order valence-electron chi connectivity index (χ1n) is 8.12. The fourth-order valence-electron chi connectivity index (χ4n) is 2.14. The molecule has 1 aromatic carbocycles. The molecule has 100 valence electrons. The van der Waals surface area contributed by atoms with Crippen molar-refractivity contribution in [3.63, 3.8) is 0 Å². The van der Waals surface area contributed by atoms with Crippen LogP contribution in [0.15, 0.2) is 36.5 Å². The summed E-state index contributed by atoms with van der Waals surface area (Å²) in [6.45, 7) is 6.37. The number of hydrogen-bond acceptors (Lipinski definition) is 0. The number of hydrogen-bond donors (Lipinski definition) is 0. The average molecular weight is 257 g/mol. The van der Waals surface area contributed by atoms with Gasteiger partial charge in [0.25, 0.3) is 0 Å². The van der Waals surface area contributed by atoms with E-state index in [1.807, 2.05) is 36.7 Å². The molecule has 0 fully saturated rings. The lowest BCUT2D eigenvalue weighted by Crippen LogP contribution is -2.31. The van der Waals surface area contributed by atoms with E-state index in [2.05, 4.69) is 32.9 Å². The third-order valence-corrected chi connectivity index (χ3v) is 3.58. The van der Waals surface area contributed by atoms with Gasteiger partial charge in [-0.1, -0.05) is 45.0 Å². The second kappa shape index (κ2) is 4.80. The van der Waals surface area contributed by atoms with E-state index in [1.54, 1.807) is 6.20 Å². The Morgan fingerprint density at radius 1 is 1.11 bits per heavy atom. The number of aromatic nitrogens is 1. The molecule has 1 heteroatoms. The van der Waals surface area contributed by atoms with Gasteiger partial charge in [-0.2, -0.15) is 0 Å². The van der Waals surface area contributed by atoms with Gasteiger partial charge in [0.15, 0.2) is 11.9 Å². The van der Waals surface area contributed by atoms with Crippen LogP contribution >= 0.6 is 0 Å². The van der Waals surface area contributed by atoms with Crippen LogP contribution in [0.25, 0.3) is 11.1 Å². The lowest BCUT2D eigenvalue weighted by atomic mass is 9.86. The average Bonchev–Trinajstić information content (AvgIpc) is 2.39. The summed E-state index contributed by atoms with van der Waals surface area (Å²) in [6, 6.07) is 10.2. The maximum absolute atomic E-state index is 7.79. The predicted octanol–water partition coefficient (Wildman–Crippen LogP) is 4.09. The summed E-state index contributed by atoms with van der Waals surface area (Å²) in [5.41, 5.74) is 4.49. The molecule has 0 radical (unpaired) electrons. The Bertz CT molecular complexity index is 677. The van der Waals surface area contributed by atoms with Crippen molar-refractivity contribution in [3.05, 3.63) is 53.3 Å². The van der Waals surface area contributed by atoms with Gasteiger partial charge in [0.1, 0.15) is 7.05 Å². The maximum Gasteiger partial charge on any atom is 0.178 e. The van der Waals surface area contributed by atoms with Gasteiger partial charge in [-0.25, -0.2) is 4.57 Å². The summed E-state index contributed by atoms with van der Waals surface area (Å²) in [5, 5.41) is 0. The van der Waals surface area contributed by atoms with Crippen molar-refractivity contribution in [1.29, 1.82) is 0 Å². The Morgan fingerprint density at radius 2 is 1.74 bits per heavy atom. The van der Waals surface area contributed by atoms with Crippen LogP contribution in [0.3, 0.4) is 0 Å². The molecule has 19 heavy (non-hydrogen) atoms. The van der Waals surface area contributed by atoms with Crippen molar-refractivity contribution in [2.45, 2.75) is 40.0 Å². The fraction of sp³-hybridized carbons (Fsp3) is 0.389. The van der Waals surface area contributed by atoms with Gasteiger partial charge >= 0.3 is 0 Å². The number of pyridine rings is 1. The summed E-state index contributed by atoms with van der Waals surface area (Å²) >= 11 is 0. The van der Waals surface area contributed by atoms with Gasteiger partial charge in [0, 0.05) is 22.7 Å². The molecule has 0 aliphatic rings. The van der Waals surface area contributed by atoms with Crippen molar-refractivity contribution in [3.8, 4) is 11.1 Å². The predicted molar refractivity (Wildman–Crippen MR) is 81.2 cm³/mol. The molecule has 1 heterocycles. The Morgan fingerprint density at radius 3 is 2.26 bits per heavy atom. The van der Waals surface area contributed by atoms with Gasteiger partial charge in [-0.3, -0.25) is 0 Å². The smallest absolute Gasteiger partial charge is 0.178 e. The van der Waals surface area contributed by atoms with Crippen LogP contribution in [0.4, 0.5) is 0 Å². The first-order chi connectivity index (χ1) is 10.00. The number of aryl methyl sites for hydroxylation is 3. The molecule has 0 aliphatic carbocycles. The topological polar surface area (TPSA) is 3.88 Å². The molecule has 0 N–H and O–H groups in total. The van der Waals surface area contributed by atoms with Crippen molar-refractivity contribution in [2.24, 2.45) is 7.05 Å². The second-order valence-corrected chi connectivity index (χ2v) is 6.18. The number of nitrogens with zero attached hydrogens (tertiary/aromatic N) is 1. The molecular formula is C18H24N+. The van der Waals surface area contributed by atoms with E-state index in [1.165, 1.54) is 5.56 Å². The SMILES string of the molecule is [2H]C([2H])([2H])c1c[n+](C)c(C)cc1-c1ccc(C(C)(C)C)cc1. The van der Waals surface area contributed by atoms with Crippen molar-refractivity contribution >= 4 is 0 Å². The fourth-order valence-corrected chi connectivity index (χ4v) is 2.14. The summed E-state index contributed by atoms with van der Waals surface area (Å²) in [6.07, 6.45) is 1.72. The summed E-state index contributed by atoms with van der Waals surface area (Å²) in [4.78, 5) is 0. The van der Waals surface area contributed by atoms with Crippen LogP contribution in [0.5, 0.6) is 0 Å². The van der Waals surface area contributed by atoms with Gasteiger partial charge < -0.3 is 0 Å². The van der Waals surface area contributed by atoms with Gasteiger partial charge in [0.05, 0.1) is 0 Å². The Labute approximate surface area is 121 Å². The monoisotopic (exact) mass is 257 g/mol. The molecule has 2 aromatic rings. The van der Waals surface area contributed by atoms with Crippen LogP contribution in [0.1, 0.15) is 41.7 Å². The molecule has 0 saturated heterocycles. The normalized spacial score (nSPS) is 14.7. The van der Waals surface area contributed by atoms with Crippen LogP contribution in [0.2, 0.25) is 0 Å². The van der Waals surface area contributed by atoms with Gasteiger partial charge in [-0.15, -0.1) is 0 Å². The molecular weight excluding hydrogens is 230 g/mol. The molecule has 0 atom stereocenters. The molecule has 0 unspecified atom stereocenters. The van der Waals surface area contributed by atoms with Crippen LogP contribution in [-0.2, 0) is 12.5 Å². The first kappa shape index (κ1) is 10.2. The standard InChI is InChI=1S/C18H24N/c1-13-12-19(6)14(2)11-17(13)15-7-9-16(10-8-15)18(3,4)5/h7-12H,1-6H3/q+1/i1D3. The van der Waals surface area contributed by atoms with Crippen molar-refractivity contribution < 1.29 is 8.68 Å². The quantitative estimate of drug-likeness (QED) is 0.677. The van der Waals surface area contributed by atoms with E-state index in [-0.39, 0.29) is 5.41 Å². The van der Waals surface area contributed by atoms with Crippen LogP contribution in [-0.4, -0.2) is 0 Å². The molecule has 2 rings (SSSR count). The zero-order chi connectivity index (χ0) is 16.7. The number of benzene rings is 1. The van der Waals surface area contributed by atoms with E-state index in [0.717, 1.165) is 16.8 Å². The third kappa shape index (κ3) is 2.86. The molecule has 0 spiro atoms. The van der Waals surface area contributed by atoms with E-state index in [0.29, 0.717) is 5.56 Å². The molecule has 0 aliphatic heterocycles. The van der Waals surface area contributed by atoms with Crippen LogP contribution in [0, 0.1) is 13.8 Å². The van der Waals surface area contributed by atoms with Gasteiger partial charge in [-0.05, 0) is 29.0 Å². The highest BCUT2D eigenvalue weighted by Crippen LogP contribution is 2.27. The minimum Gasteiger partial charge on any atom is -0.205 e. The molecule has 0 amide bonds. The zero-order valence-electron chi connectivity index (χ0n) is 15.4. The molecule has 0 bridgehead atoms.